The van der Waals surface area contributed by atoms with Crippen molar-refractivity contribution < 1.29 is 0 Å². The van der Waals surface area contributed by atoms with Gasteiger partial charge >= 0.3 is 0 Å². The molecule has 1 fully saturated rings. The van der Waals surface area contributed by atoms with Crippen LogP contribution in [0.25, 0.3) is 6.08 Å². The van der Waals surface area contributed by atoms with Gasteiger partial charge in [-0.1, -0.05) is 36.3 Å². The lowest BCUT2D eigenvalue weighted by molar-refractivity contribution is 0.285. The summed E-state index contributed by atoms with van der Waals surface area (Å²) in [6, 6.07) is 7.43. The maximum Gasteiger partial charge on any atom is 0.0304 e. The number of hydrogen-bond acceptors (Lipinski definition) is 1. The highest BCUT2D eigenvalue weighted by molar-refractivity contribution is 5.56. The molecular weight excluding hydrogens is 218 g/mol. The van der Waals surface area contributed by atoms with E-state index in [4.69, 9.17) is 0 Å². The van der Waals surface area contributed by atoms with E-state index in [1.54, 1.807) is 5.57 Å². The largest absolute Gasteiger partial charge is 0.303 e. The molecule has 1 aromatic carbocycles. The van der Waals surface area contributed by atoms with E-state index in [-0.39, 0.29) is 0 Å². The smallest absolute Gasteiger partial charge is 0.0304 e. The number of nitrogens with zero attached hydrogens (tertiary/aromatic N) is 1. The van der Waals surface area contributed by atoms with Gasteiger partial charge in [0, 0.05) is 6.04 Å². The molecule has 1 nitrogen and oxygen atoms in total. The summed E-state index contributed by atoms with van der Waals surface area (Å²) in [7, 11) is 4.40. The molecule has 0 spiro atoms. The molecule has 1 aromatic rings. The van der Waals surface area contributed by atoms with Gasteiger partial charge in [0.15, 0.2) is 0 Å². The van der Waals surface area contributed by atoms with E-state index in [2.05, 4.69) is 57.1 Å². The first kappa shape index (κ1) is 13.4. The van der Waals surface area contributed by atoms with Crippen molar-refractivity contribution in [3.8, 4) is 0 Å². The van der Waals surface area contributed by atoms with Crippen LogP contribution in [-0.4, -0.2) is 25.0 Å². The third-order valence-corrected chi connectivity index (χ3v) is 4.13. The van der Waals surface area contributed by atoms with Gasteiger partial charge < -0.3 is 4.90 Å². The van der Waals surface area contributed by atoms with E-state index in [1.807, 2.05) is 0 Å². The molecule has 0 aromatic heterocycles. The van der Waals surface area contributed by atoms with Crippen LogP contribution in [0.3, 0.4) is 0 Å². The van der Waals surface area contributed by atoms with Gasteiger partial charge in [0.2, 0.25) is 0 Å². The molecule has 1 aliphatic rings. The molecule has 1 aliphatic carbocycles. The Morgan fingerprint density at radius 2 is 1.89 bits per heavy atom. The van der Waals surface area contributed by atoms with Crippen LogP contribution in [0.5, 0.6) is 0 Å². The summed E-state index contributed by atoms with van der Waals surface area (Å²) in [5.74, 6) is 0. The summed E-state index contributed by atoms with van der Waals surface area (Å²) in [5, 5.41) is 0. The molecule has 1 atom stereocenters. The average molecular weight is 243 g/mol. The van der Waals surface area contributed by atoms with Crippen LogP contribution in [0, 0.1) is 13.8 Å². The molecule has 1 saturated carbocycles. The van der Waals surface area contributed by atoms with Crippen molar-refractivity contribution in [2.24, 2.45) is 0 Å². The van der Waals surface area contributed by atoms with E-state index in [0.29, 0.717) is 6.04 Å². The van der Waals surface area contributed by atoms with E-state index >= 15 is 0 Å². The summed E-state index contributed by atoms with van der Waals surface area (Å²) in [4.78, 5) is 2.37. The number of aryl methyl sites for hydroxylation is 2. The van der Waals surface area contributed by atoms with Gasteiger partial charge in [0.05, 0.1) is 0 Å². The van der Waals surface area contributed by atoms with Gasteiger partial charge in [-0.3, -0.25) is 0 Å². The molecule has 1 unspecified atom stereocenters. The van der Waals surface area contributed by atoms with Gasteiger partial charge in [-0.2, -0.15) is 0 Å². The molecule has 0 bridgehead atoms. The summed E-state index contributed by atoms with van der Waals surface area (Å²) >= 11 is 0. The maximum absolute atomic E-state index is 2.41. The van der Waals surface area contributed by atoms with E-state index in [9.17, 15) is 0 Å². The van der Waals surface area contributed by atoms with Crippen molar-refractivity contribution >= 4 is 6.08 Å². The van der Waals surface area contributed by atoms with E-state index in [1.165, 1.54) is 42.4 Å². The zero-order chi connectivity index (χ0) is 13.1. The topological polar surface area (TPSA) is 3.24 Å². The standard InChI is InChI=1S/C17H25N/c1-13-9-10-15(11-14(13)2)12-16-7-5-6-8-17(16)18(3)4/h9-12,17H,5-8H2,1-4H3. The van der Waals surface area contributed by atoms with E-state index < -0.39 is 0 Å². The van der Waals surface area contributed by atoms with Gasteiger partial charge in [0.1, 0.15) is 0 Å². The zero-order valence-electron chi connectivity index (χ0n) is 12.2. The second kappa shape index (κ2) is 5.71. The predicted octanol–water partition coefficient (Wildman–Crippen LogP) is 4.19. The summed E-state index contributed by atoms with van der Waals surface area (Å²) < 4.78 is 0. The predicted molar refractivity (Wildman–Crippen MR) is 79.8 cm³/mol. The first-order chi connectivity index (χ1) is 8.58. The first-order valence-corrected chi connectivity index (χ1v) is 7.02. The van der Waals surface area contributed by atoms with Crippen LogP contribution in [0.4, 0.5) is 0 Å². The monoisotopic (exact) mass is 243 g/mol. The normalized spacial score (nSPS) is 22.7. The molecule has 0 amide bonds. The number of benzene rings is 1. The SMILES string of the molecule is Cc1ccc(C=C2CCCCC2N(C)C)cc1C. The minimum Gasteiger partial charge on any atom is -0.303 e. The Morgan fingerprint density at radius 3 is 2.56 bits per heavy atom. The van der Waals surface area contributed by atoms with Crippen molar-refractivity contribution in [1.29, 1.82) is 0 Å². The molecular formula is C17H25N. The lowest BCUT2D eigenvalue weighted by Gasteiger charge is -2.31. The van der Waals surface area contributed by atoms with Gasteiger partial charge in [-0.25, -0.2) is 0 Å². The third kappa shape index (κ3) is 3.02. The highest BCUT2D eigenvalue weighted by atomic mass is 15.1. The van der Waals surface area contributed by atoms with Crippen LogP contribution < -0.4 is 0 Å². The van der Waals surface area contributed by atoms with Crippen molar-refractivity contribution in [3.05, 3.63) is 40.5 Å². The Bertz CT molecular complexity index is 443. The molecule has 2 rings (SSSR count). The summed E-state index contributed by atoms with van der Waals surface area (Å²) in [6.45, 7) is 4.37. The Balaban J connectivity index is 2.26. The molecule has 1 heteroatoms. The van der Waals surface area contributed by atoms with Crippen LogP contribution in [-0.2, 0) is 0 Å². The van der Waals surface area contributed by atoms with Crippen molar-refractivity contribution in [2.75, 3.05) is 14.1 Å². The lowest BCUT2D eigenvalue weighted by Crippen LogP contribution is -2.31. The molecule has 0 saturated heterocycles. The maximum atomic E-state index is 2.41. The Morgan fingerprint density at radius 1 is 1.11 bits per heavy atom. The summed E-state index contributed by atoms with van der Waals surface area (Å²) in [6.07, 6.45) is 7.70. The van der Waals surface area contributed by atoms with Crippen LogP contribution in [0.1, 0.15) is 42.4 Å². The van der Waals surface area contributed by atoms with Crippen molar-refractivity contribution in [1.82, 2.24) is 4.90 Å². The molecule has 0 radical (unpaired) electrons. The minimum absolute atomic E-state index is 0.639. The fourth-order valence-corrected chi connectivity index (χ4v) is 2.85. The number of likely N-dealkylation sites (N-methyl/N-ethyl adjacent to an activating group) is 1. The van der Waals surface area contributed by atoms with Crippen LogP contribution >= 0.6 is 0 Å². The fraction of sp³-hybridized carbons (Fsp3) is 0.529. The zero-order valence-corrected chi connectivity index (χ0v) is 12.2. The molecule has 98 valence electrons. The third-order valence-electron chi connectivity index (χ3n) is 4.13. The van der Waals surface area contributed by atoms with Crippen molar-refractivity contribution in [2.45, 2.75) is 45.6 Å². The molecule has 0 N–H and O–H groups in total. The quantitative estimate of drug-likeness (QED) is 0.753. The van der Waals surface area contributed by atoms with Gasteiger partial charge in [-0.15, -0.1) is 0 Å². The number of rotatable bonds is 2. The second-order valence-electron chi connectivity index (χ2n) is 5.79. The Hall–Kier alpha value is -1.08. The highest BCUT2D eigenvalue weighted by Crippen LogP contribution is 2.28. The molecule has 0 aliphatic heterocycles. The average Bonchev–Trinajstić information content (AvgIpc) is 2.34. The van der Waals surface area contributed by atoms with Crippen molar-refractivity contribution in [3.63, 3.8) is 0 Å². The first-order valence-electron chi connectivity index (χ1n) is 7.02. The van der Waals surface area contributed by atoms with E-state index in [0.717, 1.165) is 0 Å². The highest BCUT2D eigenvalue weighted by Gasteiger charge is 2.20. The van der Waals surface area contributed by atoms with Crippen LogP contribution in [0.2, 0.25) is 0 Å². The second-order valence-corrected chi connectivity index (χ2v) is 5.79. The van der Waals surface area contributed by atoms with Gasteiger partial charge in [-0.05, 0) is 63.9 Å². The Labute approximate surface area is 112 Å². The van der Waals surface area contributed by atoms with Crippen LogP contribution in [0.15, 0.2) is 23.8 Å². The lowest BCUT2D eigenvalue weighted by atomic mass is 9.87. The molecule has 0 heterocycles. The Kier molecular flexibility index (Phi) is 4.23. The minimum atomic E-state index is 0.639. The summed E-state index contributed by atoms with van der Waals surface area (Å²) in [5.41, 5.74) is 5.74. The molecule has 18 heavy (non-hydrogen) atoms. The fourth-order valence-electron chi connectivity index (χ4n) is 2.85. The number of hydrogen-bond donors (Lipinski definition) is 0. The van der Waals surface area contributed by atoms with Gasteiger partial charge in [0.25, 0.3) is 0 Å².